The first-order valence-corrected chi connectivity index (χ1v) is 5.52. The lowest BCUT2D eigenvalue weighted by atomic mass is 9.84. The maximum absolute atomic E-state index is 13.6. The van der Waals surface area contributed by atoms with Gasteiger partial charge in [0, 0.05) is 25.6 Å². The fraction of sp³-hybridized carbons (Fsp3) is 0.538. The van der Waals surface area contributed by atoms with E-state index in [-0.39, 0.29) is 11.2 Å². The normalized spacial score (nSPS) is 11.8. The highest BCUT2D eigenvalue weighted by atomic mass is 19.1. The molecule has 0 aliphatic heterocycles. The van der Waals surface area contributed by atoms with Crippen LogP contribution in [0.25, 0.3) is 0 Å². The molecule has 0 aliphatic carbocycles. The highest BCUT2D eigenvalue weighted by Gasteiger charge is 2.22. The molecule has 0 saturated heterocycles. The van der Waals surface area contributed by atoms with Crippen LogP contribution in [0.15, 0.2) is 24.3 Å². The quantitative estimate of drug-likeness (QED) is 0.750. The molecule has 2 nitrogen and oxygen atoms in total. The van der Waals surface area contributed by atoms with Crippen LogP contribution in [-0.2, 0) is 10.2 Å². The molecule has 0 heterocycles. The number of methoxy groups -OCH3 is 1. The van der Waals surface area contributed by atoms with Crippen LogP contribution in [0.5, 0.6) is 0 Å². The molecule has 16 heavy (non-hydrogen) atoms. The molecular weight excluding hydrogens is 205 g/mol. The average molecular weight is 225 g/mol. The summed E-state index contributed by atoms with van der Waals surface area (Å²) >= 11 is 0. The number of hydrogen-bond donors (Lipinski definition) is 1. The van der Waals surface area contributed by atoms with Gasteiger partial charge in [0.05, 0.1) is 6.61 Å². The van der Waals surface area contributed by atoms with Gasteiger partial charge in [-0.2, -0.15) is 0 Å². The molecular formula is C13H20FNO. The number of hydrogen-bond acceptors (Lipinski definition) is 2. The van der Waals surface area contributed by atoms with E-state index in [2.05, 4.69) is 5.32 Å². The number of benzene rings is 1. The Morgan fingerprint density at radius 2 is 2.00 bits per heavy atom. The molecule has 0 saturated carbocycles. The SMILES string of the molecule is COCCNCC(C)(C)c1ccccc1F. The highest BCUT2D eigenvalue weighted by molar-refractivity contribution is 5.25. The number of ether oxygens (including phenoxy) is 1. The van der Waals surface area contributed by atoms with Crippen LogP contribution in [0, 0.1) is 5.82 Å². The molecule has 1 rings (SSSR count). The summed E-state index contributed by atoms with van der Waals surface area (Å²) < 4.78 is 18.6. The van der Waals surface area contributed by atoms with E-state index in [0.717, 1.165) is 18.7 Å². The Balaban J connectivity index is 2.59. The molecule has 0 amide bonds. The molecule has 1 aromatic carbocycles. The van der Waals surface area contributed by atoms with Gasteiger partial charge < -0.3 is 10.1 Å². The van der Waals surface area contributed by atoms with Gasteiger partial charge in [0.15, 0.2) is 0 Å². The van der Waals surface area contributed by atoms with Crippen molar-refractivity contribution in [3.8, 4) is 0 Å². The third-order valence-electron chi connectivity index (χ3n) is 2.65. The van der Waals surface area contributed by atoms with Gasteiger partial charge in [-0.05, 0) is 11.6 Å². The lowest BCUT2D eigenvalue weighted by Gasteiger charge is -2.26. The topological polar surface area (TPSA) is 21.3 Å². The van der Waals surface area contributed by atoms with E-state index in [9.17, 15) is 4.39 Å². The smallest absolute Gasteiger partial charge is 0.126 e. The van der Waals surface area contributed by atoms with Gasteiger partial charge in [-0.3, -0.25) is 0 Å². The second kappa shape index (κ2) is 5.97. The van der Waals surface area contributed by atoms with Crippen molar-refractivity contribution in [1.29, 1.82) is 0 Å². The van der Waals surface area contributed by atoms with Crippen molar-refractivity contribution in [2.75, 3.05) is 26.8 Å². The molecule has 0 unspecified atom stereocenters. The maximum Gasteiger partial charge on any atom is 0.126 e. The van der Waals surface area contributed by atoms with Crippen LogP contribution in [-0.4, -0.2) is 26.8 Å². The third kappa shape index (κ3) is 3.58. The average Bonchev–Trinajstić information content (AvgIpc) is 2.25. The van der Waals surface area contributed by atoms with E-state index in [1.807, 2.05) is 26.0 Å². The molecule has 0 aromatic heterocycles. The first-order chi connectivity index (χ1) is 7.58. The third-order valence-corrected chi connectivity index (χ3v) is 2.65. The Bertz CT molecular complexity index is 325. The lowest BCUT2D eigenvalue weighted by Crippen LogP contribution is -2.35. The van der Waals surface area contributed by atoms with E-state index >= 15 is 0 Å². The zero-order valence-electron chi connectivity index (χ0n) is 10.2. The van der Waals surface area contributed by atoms with Gasteiger partial charge in [-0.15, -0.1) is 0 Å². The van der Waals surface area contributed by atoms with Crippen molar-refractivity contribution in [3.05, 3.63) is 35.6 Å². The van der Waals surface area contributed by atoms with Crippen LogP contribution in [0.1, 0.15) is 19.4 Å². The van der Waals surface area contributed by atoms with Crippen molar-refractivity contribution >= 4 is 0 Å². The minimum absolute atomic E-state index is 0.138. The second-order valence-corrected chi connectivity index (χ2v) is 4.53. The Kier molecular flexibility index (Phi) is 4.90. The second-order valence-electron chi connectivity index (χ2n) is 4.53. The van der Waals surface area contributed by atoms with Crippen molar-refractivity contribution < 1.29 is 9.13 Å². The Morgan fingerprint density at radius 3 is 2.62 bits per heavy atom. The molecule has 0 atom stereocenters. The van der Waals surface area contributed by atoms with E-state index in [0.29, 0.717) is 6.61 Å². The van der Waals surface area contributed by atoms with Gasteiger partial charge in [0.25, 0.3) is 0 Å². The monoisotopic (exact) mass is 225 g/mol. The Labute approximate surface area is 96.8 Å². The first-order valence-electron chi connectivity index (χ1n) is 5.52. The van der Waals surface area contributed by atoms with Crippen LogP contribution >= 0.6 is 0 Å². The lowest BCUT2D eigenvalue weighted by molar-refractivity contribution is 0.197. The molecule has 0 fully saturated rings. The van der Waals surface area contributed by atoms with E-state index in [1.165, 1.54) is 6.07 Å². The zero-order valence-corrected chi connectivity index (χ0v) is 10.2. The molecule has 0 bridgehead atoms. The van der Waals surface area contributed by atoms with Crippen LogP contribution < -0.4 is 5.32 Å². The number of nitrogens with one attached hydrogen (secondary N) is 1. The summed E-state index contributed by atoms with van der Waals surface area (Å²) in [5.41, 5.74) is 0.541. The molecule has 0 radical (unpaired) electrons. The highest BCUT2D eigenvalue weighted by Crippen LogP contribution is 2.24. The molecule has 0 aliphatic rings. The maximum atomic E-state index is 13.6. The summed E-state index contributed by atoms with van der Waals surface area (Å²) in [5.74, 6) is -0.138. The van der Waals surface area contributed by atoms with Crippen molar-refractivity contribution in [1.82, 2.24) is 5.32 Å². The van der Waals surface area contributed by atoms with Crippen molar-refractivity contribution in [3.63, 3.8) is 0 Å². The number of rotatable bonds is 6. The predicted molar refractivity (Wildman–Crippen MR) is 64.2 cm³/mol. The summed E-state index contributed by atoms with van der Waals surface area (Å²) in [4.78, 5) is 0. The predicted octanol–water partition coefficient (Wildman–Crippen LogP) is 2.34. The Hall–Kier alpha value is -0.930. The minimum Gasteiger partial charge on any atom is -0.383 e. The van der Waals surface area contributed by atoms with E-state index < -0.39 is 0 Å². The van der Waals surface area contributed by atoms with Gasteiger partial charge in [0.1, 0.15) is 5.82 Å². The van der Waals surface area contributed by atoms with E-state index in [4.69, 9.17) is 4.74 Å². The standard InChI is InChI=1S/C13H20FNO/c1-13(2,10-15-8-9-16-3)11-6-4-5-7-12(11)14/h4-7,15H,8-10H2,1-3H3. The molecule has 1 aromatic rings. The Morgan fingerprint density at radius 1 is 1.31 bits per heavy atom. The summed E-state index contributed by atoms with van der Waals surface area (Å²) in [6, 6.07) is 6.93. The summed E-state index contributed by atoms with van der Waals surface area (Å²) in [6.45, 7) is 6.26. The molecule has 3 heteroatoms. The fourth-order valence-electron chi connectivity index (χ4n) is 1.68. The van der Waals surface area contributed by atoms with Gasteiger partial charge in [-0.1, -0.05) is 32.0 Å². The van der Waals surface area contributed by atoms with Gasteiger partial charge in [0.2, 0.25) is 0 Å². The van der Waals surface area contributed by atoms with Gasteiger partial charge >= 0.3 is 0 Å². The fourth-order valence-corrected chi connectivity index (χ4v) is 1.68. The van der Waals surface area contributed by atoms with Crippen molar-refractivity contribution in [2.45, 2.75) is 19.3 Å². The largest absolute Gasteiger partial charge is 0.383 e. The van der Waals surface area contributed by atoms with Gasteiger partial charge in [-0.25, -0.2) is 4.39 Å². The number of halogens is 1. The van der Waals surface area contributed by atoms with Crippen LogP contribution in [0.3, 0.4) is 0 Å². The summed E-state index contributed by atoms with van der Waals surface area (Å²) in [6.07, 6.45) is 0. The minimum atomic E-state index is -0.209. The van der Waals surface area contributed by atoms with Crippen LogP contribution in [0.2, 0.25) is 0 Å². The molecule has 0 spiro atoms. The summed E-state index contributed by atoms with van der Waals surface area (Å²) in [7, 11) is 1.67. The van der Waals surface area contributed by atoms with Crippen LogP contribution in [0.4, 0.5) is 4.39 Å². The van der Waals surface area contributed by atoms with Crippen molar-refractivity contribution in [2.24, 2.45) is 0 Å². The zero-order chi connectivity index (χ0) is 12.0. The molecule has 1 N–H and O–H groups in total. The molecule has 90 valence electrons. The summed E-state index contributed by atoms with van der Waals surface area (Å²) in [5, 5.41) is 3.26. The first kappa shape index (κ1) is 13.1. The van der Waals surface area contributed by atoms with E-state index in [1.54, 1.807) is 13.2 Å².